The van der Waals surface area contributed by atoms with Gasteiger partial charge in [0, 0.05) is 12.0 Å². The van der Waals surface area contributed by atoms with E-state index in [9.17, 15) is 4.79 Å². The van der Waals surface area contributed by atoms with Gasteiger partial charge in [-0.15, -0.1) is 0 Å². The average molecular weight is 264 g/mol. The maximum absolute atomic E-state index is 11.2. The van der Waals surface area contributed by atoms with Crippen molar-refractivity contribution in [2.45, 2.75) is 33.3 Å². The highest BCUT2D eigenvalue weighted by Gasteiger charge is 2.26. The Morgan fingerprint density at radius 3 is 2.26 bits per heavy atom. The summed E-state index contributed by atoms with van der Waals surface area (Å²) in [5.41, 5.74) is 5.79. The van der Waals surface area contributed by atoms with Gasteiger partial charge in [-0.25, -0.2) is 4.79 Å². The lowest BCUT2D eigenvalue weighted by molar-refractivity contribution is -0.146. The van der Waals surface area contributed by atoms with E-state index < -0.39 is 12.1 Å². The summed E-state index contributed by atoms with van der Waals surface area (Å²) in [5, 5.41) is 16.4. The van der Waals surface area contributed by atoms with E-state index in [4.69, 9.17) is 21.0 Å². The normalized spacial score (nSPS) is 12.8. The average Bonchev–Trinajstić information content (AvgIpc) is 2.27. The van der Waals surface area contributed by atoms with E-state index in [1.165, 1.54) is 0 Å². The molecule has 0 amide bonds. The Hall–Kier alpha value is -2.04. The summed E-state index contributed by atoms with van der Waals surface area (Å²) in [5.74, 6) is -0.553. The minimum absolute atomic E-state index is 0.0315. The number of hydrogen-bond acceptors (Lipinski definition) is 3. The number of nitrogens with one attached hydrogen (secondary N) is 1. The van der Waals surface area contributed by atoms with Gasteiger partial charge in [-0.1, -0.05) is 20.8 Å². The number of carboxylic acids is 1. The van der Waals surface area contributed by atoms with Crippen LogP contribution in [0.3, 0.4) is 0 Å². The Morgan fingerprint density at radius 1 is 1.37 bits per heavy atom. The first kappa shape index (κ1) is 15.0. The van der Waals surface area contributed by atoms with Gasteiger partial charge in [-0.2, -0.15) is 0 Å². The molecule has 1 rings (SSSR count). The largest absolute Gasteiger partial charge is 0.479 e. The third-order valence-electron chi connectivity index (χ3n) is 2.52. The third-order valence-corrected chi connectivity index (χ3v) is 2.52. The molecule has 4 N–H and O–H groups in total. The molecule has 0 aliphatic rings. The highest BCUT2D eigenvalue weighted by atomic mass is 16.5. The standard InChI is InChI=1S/C14H20N2O3/c1-14(2,3)8-11(13(17)18)19-10-6-4-9(5-7-10)12(15)16/h4-7,11H,8H2,1-3H3,(H3,15,16)(H,17,18)/t11-/m1/s1. The molecule has 0 saturated heterocycles. The van der Waals surface area contributed by atoms with Gasteiger partial charge in [-0.3, -0.25) is 5.41 Å². The zero-order valence-electron chi connectivity index (χ0n) is 11.4. The van der Waals surface area contributed by atoms with Crippen LogP contribution in [0.5, 0.6) is 5.75 Å². The third kappa shape index (κ3) is 4.99. The first-order valence-electron chi connectivity index (χ1n) is 6.03. The SMILES string of the molecule is CC(C)(C)C[C@@H](Oc1ccc(C(=N)N)cc1)C(=O)O. The summed E-state index contributed by atoms with van der Waals surface area (Å²) in [7, 11) is 0. The molecule has 0 heterocycles. The predicted molar refractivity (Wildman–Crippen MR) is 73.6 cm³/mol. The summed E-state index contributed by atoms with van der Waals surface area (Å²) in [6.45, 7) is 5.89. The molecular weight excluding hydrogens is 244 g/mol. The lowest BCUT2D eigenvalue weighted by Gasteiger charge is -2.24. The smallest absolute Gasteiger partial charge is 0.344 e. The van der Waals surface area contributed by atoms with Crippen molar-refractivity contribution in [3.05, 3.63) is 29.8 Å². The van der Waals surface area contributed by atoms with Crippen LogP contribution in [0, 0.1) is 10.8 Å². The monoisotopic (exact) mass is 264 g/mol. The van der Waals surface area contributed by atoms with Crippen LogP contribution in [-0.4, -0.2) is 23.0 Å². The number of carbonyl (C=O) groups is 1. The van der Waals surface area contributed by atoms with E-state index >= 15 is 0 Å². The van der Waals surface area contributed by atoms with Crippen molar-refractivity contribution in [3.63, 3.8) is 0 Å². The second-order valence-electron chi connectivity index (χ2n) is 5.65. The molecular formula is C14H20N2O3. The van der Waals surface area contributed by atoms with Crippen molar-refractivity contribution in [1.82, 2.24) is 0 Å². The van der Waals surface area contributed by atoms with Crippen LogP contribution in [0.2, 0.25) is 0 Å². The summed E-state index contributed by atoms with van der Waals surface area (Å²) < 4.78 is 5.48. The molecule has 0 spiro atoms. The predicted octanol–water partition coefficient (Wildman–Crippen LogP) is 2.24. The molecule has 104 valence electrons. The van der Waals surface area contributed by atoms with Gasteiger partial charge < -0.3 is 15.6 Å². The van der Waals surface area contributed by atoms with Gasteiger partial charge in [0.25, 0.3) is 0 Å². The molecule has 0 fully saturated rings. The van der Waals surface area contributed by atoms with Crippen molar-refractivity contribution in [1.29, 1.82) is 5.41 Å². The molecule has 1 atom stereocenters. The summed E-state index contributed by atoms with van der Waals surface area (Å²) in [4.78, 5) is 11.2. The van der Waals surface area contributed by atoms with Gasteiger partial charge in [0.2, 0.25) is 0 Å². The highest BCUT2D eigenvalue weighted by Crippen LogP contribution is 2.24. The Balaban J connectivity index is 2.79. The van der Waals surface area contributed by atoms with Crippen LogP contribution in [-0.2, 0) is 4.79 Å². The topological polar surface area (TPSA) is 96.4 Å². The van der Waals surface area contributed by atoms with Crippen LogP contribution in [0.4, 0.5) is 0 Å². The fraction of sp³-hybridized carbons (Fsp3) is 0.429. The van der Waals surface area contributed by atoms with Gasteiger partial charge in [0.15, 0.2) is 6.10 Å². The number of ether oxygens (including phenoxy) is 1. The molecule has 0 radical (unpaired) electrons. The van der Waals surface area contributed by atoms with E-state index in [2.05, 4.69) is 0 Å². The zero-order valence-corrected chi connectivity index (χ0v) is 11.4. The quantitative estimate of drug-likeness (QED) is 0.561. The molecule has 0 saturated carbocycles. The van der Waals surface area contributed by atoms with Crippen molar-refractivity contribution in [3.8, 4) is 5.75 Å². The summed E-state index contributed by atoms with van der Waals surface area (Å²) in [6.07, 6.45) is -0.472. The number of carboxylic acid groups (broad SMARTS) is 1. The number of benzene rings is 1. The molecule has 0 aromatic heterocycles. The lowest BCUT2D eigenvalue weighted by atomic mass is 9.89. The number of rotatable bonds is 5. The fourth-order valence-electron chi connectivity index (χ4n) is 1.61. The van der Waals surface area contributed by atoms with Crippen LogP contribution >= 0.6 is 0 Å². The van der Waals surface area contributed by atoms with Gasteiger partial charge in [0.05, 0.1) is 0 Å². The maximum Gasteiger partial charge on any atom is 0.344 e. The minimum Gasteiger partial charge on any atom is -0.479 e. The van der Waals surface area contributed by atoms with Crippen molar-refractivity contribution >= 4 is 11.8 Å². The first-order valence-corrected chi connectivity index (χ1v) is 6.03. The molecule has 0 aliphatic heterocycles. The molecule has 0 aliphatic carbocycles. The highest BCUT2D eigenvalue weighted by molar-refractivity contribution is 5.94. The Labute approximate surface area is 112 Å². The van der Waals surface area contributed by atoms with Crippen LogP contribution in [0.1, 0.15) is 32.8 Å². The van der Waals surface area contributed by atoms with Crippen molar-refractivity contribution in [2.24, 2.45) is 11.1 Å². The van der Waals surface area contributed by atoms with Crippen molar-refractivity contribution in [2.75, 3.05) is 0 Å². The second kappa shape index (κ2) is 5.73. The molecule has 1 aromatic rings. The number of aliphatic carboxylic acids is 1. The maximum atomic E-state index is 11.2. The van der Waals surface area contributed by atoms with Gasteiger partial charge in [-0.05, 0) is 29.7 Å². The molecule has 0 bridgehead atoms. The number of hydrogen-bond donors (Lipinski definition) is 3. The van der Waals surface area contributed by atoms with E-state index in [-0.39, 0.29) is 11.3 Å². The van der Waals surface area contributed by atoms with E-state index in [1.54, 1.807) is 24.3 Å². The Morgan fingerprint density at radius 2 is 1.89 bits per heavy atom. The molecule has 5 heteroatoms. The molecule has 0 unspecified atom stereocenters. The second-order valence-corrected chi connectivity index (χ2v) is 5.65. The van der Waals surface area contributed by atoms with E-state index in [0.717, 1.165) is 0 Å². The molecule has 5 nitrogen and oxygen atoms in total. The number of amidine groups is 1. The first-order chi connectivity index (χ1) is 8.69. The van der Waals surface area contributed by atoms with Crippen LogP contribution < -0.4 is 10.5 Å². The van der Waals surface area contributed by atoms with E-state index in [0.29, 0.717) is 17.7 Å². The summed E-state index contributed by atoms with van der Waals surface area (Å²) >= 11 is 0. The number of nitrogens with two attached hydrogens (primary N) is 1. The fourth-order valence-corrected chi connectivity index (χ4v) is 1.61. The van der Waals surface area contributed by atoms with E-state index in [1.807, 2.05) is 20.8 Å². The number of nitrogen functional groups attached to an aromatic ring is 1. The lowest BCUT2D eigenvalue weighted by Crippen LogP contribution is -2.31. The Bertz CT molecular complexity index is 461. The molecule has 1 aromatic carbocycles. The Kier molecular flexibility index (Phi) is 4.53. The van der Waals surface area contributed by atoms with Crippen molar-refractivity contribution < 1.29 is 14.6 Å². The summed E-state index contributed by atoms with van der Waals surface area (Å²) in [6, 6.07) is 6.51. The van der Waals surface area contributed by atoms with Crippen LogP contribution in [0.15, 0.2) is 24.3 Å². The molecule has 19 heavy (non-hydrogen) atoms. The van der Waals surface area contributed by atoms with Crippen LogP contribution in [0.25, 0.3) is 0 Å². The zero-order chi connectivity index (χ0) is 14.6. The minimum atomic E-state index is -0.981. The van der Waals surface area contributed by atoms with Gasteiger partial charge >= 0.3 is 5.97 Å². The van der Waals surface area contributed by atoms with Gasteiger partial charge in [0.1, 0.15) is 11.6 Å².